The van der Waals surface area contributed by atoms with E-state index >= 15 is 0 Å². The Morgan fingerprint density at radius 2 is 1.44 bits per heavy atom. The number of alkyl halides is 6. The van der Waals surface area contributed by atoms with Crippen LogP contribution >= 0.6 is 0 Å². The maximum Gasteiger partial charge on any atom is 0.417 e. The van der Waals surface area contributed by atoms with Crippen LogP contribution in [0, 0.1) is 0 Å². The van der Waals surface area contributed by atoms with Gasteiger partial charge in [0.1, 0.15) is 5.82 Å². The Morgan fingerprint density at radius 1 is 0.706 bits per heavy atom. The summed E-state index contributed by atoms with van der Waals surface area (Å²) in [5.74, 6) is 0.168. The van der Waals surface area contributed by atoms with Crippen molar-refractivity contribution in [2.75, 3.05) is 5.32 Å². The summed E-state index contributed by atoms with van der Waals surface area (Å²) in [5, 5.41) is 10.4. The van der Waals surface area contributed by atoms with Gasteiger partial charge in [-0.05, 0) is 36.4 Å². The molecule has 3 aromatic carbocycles. The third kappa shape index (κ3) is 3.89. The number of anilines is 2. The van der Waals surface area contributed by atoms with E-state index in [4.69, 9.17) is 0 Å². The largest absolute Gasteiger partial charge is 0.417 e. The summed E-state index contributed by atoms with van der Waals surface area (Å²) in [6.45, 7) is 0. The number of para-hydroxylation sites is 1. The zero-order chi connectivity index (χ0) is 24.1. The van der Waals surface area contributed by atoms with Crippen LogP contribution < -0.4 is 5.32 Å². The van der Waals surface area contributed by atoms with Gasteiger partial charge in [0.25, 0.3) is 0 Å². The lowest BCUT2D eigenvalue weighted by Crippen LogP contribution is -2.08. The Morgan fingerprint density at radius 3 is 2.21 bits per heavy atom. The summed E-state index contributed by atoms with van der Waals surface area (Å²) in [7, 11) is 0. The predicted octanol–water partition coefficient (Wildman–Crippen LogP) is 6.95. The zero-order valence-electron chi connectivity index (χ0n) is 17.0. The van der Waals surface area contributed by atoms with E-state index in [9.17, 15) is 26.3 Å². The molecule has 0 aliphatic rings. The third-order valence-corrected chi connectivity index (χ3v) is 5.20. The molecule has 0 bridgehead atoms. The van der Waals surface area contributed by atoms with Crippen LogP contribution in [0.25, 0.3) is 33.2 Å². The van der Waals surface area contributed by atoms with E-state index in [1.165, 1.54) is 24.3 Å². The molecule has 172 valence electrons. The van der Waals surface area contributed by atoms with E-state index in [0.717, 1.165) is 18.2 Å². The average Bonchev–Trinajstić information content (AvgIpc) is 3.20. The molecule has 34 heavy (non-hydrogen) atoms. The van der Waals surface area contributed by atoms with E-state index < -0.39 is 23.5 Å². The van der Waals surface area contributed by atoms with Crippen LogP contribution in [0.3, 0.4) is 0 Å². The van der Waals surface area contributed by atoms with Crippen molar-refractivity contribution in [3.05, 3.63) is 77.9 Å². The van der Waals surface area contributed by atoms with Gasteiger partial charge in [0.15, 0.2) is 11.6 Å². The minimum atomic E-state index is -4.62. The van der Waals surface area contributed by atoms with Gasteiger partial charge in [-0.2, -0.15) is 31.4 Å². The van der Waals surface area contributed by atoms with Gasteiger partial charge < -0.3 is 5.32 Å². The van der Waals surface area contributed by atoms with Crippen LogP contribution in [0.1, 0.15) is 11.1 Å². The fourth-order valence-electron chi connectivity index (χ4n) is 3.62. The lowest BCUT2D eigenvalue weighted by molar-refractivity contribution is -0.138. The molecule has 0 saturated carbocycles. The molecule has 5 nitrogen and oxygen atoms in total. The molecule has 0 amide bonds. The minimum absolute atomic E-state index is 0.137. The highest BCUT2D eigenvalue weighted by atomic mass is 19.4. The maximum atomic E-state index is 13.6. The predicted molar refractivity (Wildman–Crippen MR) is 114 cm³/mol. The lowest BCUT2D eigenvalue weighted by Gasteiger charge is -2.14. The Labute approximate surface area is 187 Å². The molecule has 2 aromatic heterocycles. The standard InChI is InChI=1S/C23H13F6N5/c24-22(25,26)12-9-10-15-18(11-12)33-34-21(15)32-20-14-6-2-4-8-17(14)30-19(31-20)13-5-1-3-7-16(13)23(27,28)29/h1-11H,(H2,30,31,32,33,34). The number of rotatable bonds is 3. The maximum absolute atomic E-state index is 13.6. The monoisotopic (exact) mass is 473 g/mol. The van der Waals surface area contributed by atoms with Crippen LogP contribution in [0.5, 0.6) is 0 Å². The van der Waals surface area contributed by atoms with E-state index in [0.29, 0.717) is 16.3 Å². The molecule has 0 aliphatic heterocycles. The number of aromatic nitrogens is 4. The van der Waals surface area contributed by atoms with Gasteiger partial charge in [0.05, 0.1) is 22.2 Å². The van der Waals surface area contributed by atoms with Crippen molar-refractivity contribution >= 4 is 33.4 Å². The van der Waals surface area contributed by atoms with Gasteiger partial charge in [-0.3, -0.25) is 5.10 Å². The summed E-state index contributed by atoms with van der Waals surface area (Å²) in [6.07, 6.45) is -9.13. The number of nitrogens with one attached hydrogen (secondary N) is 2. The second kappa shape index (κ2) is 7.72. The topological polar surface area (TPSA) is 66.5 Å². The number of hydrogen-bond acceptors (Lipinski definition) is 4. The molecule has 0 fully saturated rings. The number of benzene rings is 3. The molecule has 0 aliphatic carbocycles. The van der Waals surface area contributed by atoms with Gasteiger partial charge in [-0.25, -0.2) is 9.97 Å². The van der Waals surface area contributed by atoms with Crippen molar-refractivity contribution in [1.82, 2.24) is 20.2 Å². The quantitative estimate of drug-likeness (QED) is 0.278. The Bertz CT molecular complexity index is 1520. The Balaban J connectivity index is 1.64. The molecule has 0 radical (unpaired) electrons. The van der Waals surface area contributed by atoms with E-state index in [-0.39, 0.29) is 28.5 Å². The molecule has 2 heterocycles. The summed E-state index contributed by atoms with van der Waals surface area (Å²) in [6, 6.07) is 14.7. The second-order valence-corrected chi connectivity index (χ2v) is 7.41. The summed E-state index contributed by atoms with van der Waals surface area (Å²) >= 11 is 0. The van der Waals surface area contributed by atoms with Gasteiger partial charge in [0, 0.05) is 16.3 Å². The van der Waals surface area contributed by atoms with Crippen LogP contribution in [0.4, 0.5) is 38.0 Å². The van der Waals surface area contributed by atoms with Crippen LogP contribution in [-0.2, 0) is 12.4 Å². The summed E-state index contributed by atoms with van der Waals surface area (Å²) < 4.78 is 79.8. The molecule has 0 atom stereocenters. The fraction of sp³-hybridized carbons (Fsp3) is 0.0870. The summed E-state index contributed by atoms with van der Waals surface area (Å²) in [5.41, 5.74) is -1.41. The van der Waals surface area contributed by atoms with Crippen molar-refractivity contribution in [2.45, 2.75) is 12.4 Å². The van der Waals surface area contributed by atoms with Crippen molar-refractivity contribution in [3.63, 3.8) is 0 Å². The Hall–Kier alpha value is -4.15. The highest BCUT2D eigenvalue weighted by Crippen LogP contribution is 2.38. The number of nitrogens with zero attached hydrogens (tertiary/aromatic N) is 3. The SMILES string of the molecule is FC(F)(F)c1ccc2c(Nc3nc(-c4ccccc4C(F)(F)F)nc4ccccc34)n[nH]c2c1. The molecular formula is C23H13F6N5. The smallest absolute Gasteiger partial charge is 0.322 e. The first-order chi connectivity index (χ1) is 16.1. The highest BCUT2D eigenvalue weighted by Gasteiger charge is 2.34. The minimum Gasteiger partial charge on any atom is -0.322 e. The molecule has 5 rings (SSSR count). The van der Waals surface area contributed by atoms with Gasteiger partial charge in [-0.1, -0.05) is 30.3 Å². The fourth-order valence-corrected chi connectivity index (χ4v) is 3.62. The number of hydrogen-bond donors (Lipinski definition) is 2. The third-order valence-electron chi connectivity index (χ3n) is 5.20. The Kier molecular flexibility index (Phi) is 4.92. The average molecular weight is 473 g/mol. The van der Waals surface area contributed by atoms with Crippen LogP contribution in [0.2, 0.25) is 0 Å². The summed E-state index contributed by atoms with van der Waals surface area (Å²) in [4.78, 5) is 8.63. The zero-order valence-corrected chi connectivity index (χ0v) is 17.0. The molecular weight excluding hydrogens is 460 g/mol. The number of aromatic amines is 1. The lowest BCUT2D eigenvalue weighted by atomic mass is 10.1. The van der Waals surface area contributed by atoms with E-state index in [1.54, 1.807) is 24.3 Å². The number of halogens is 6. The molecule has 0 unspecified atom stereocenters. The molecule has 5 aromatic rings. The van der Waals surface area contributed by atoms with Gasteiger partial charge in [0.2, 0.25) is 0 Å². The van der Waals surface area contributed by atoms with Crippen molar-refractivity contribution in [3.8, 4) is 11.4 Å². The molecule has 2 N–H and O–H groups in total. The van der Waals surface area contributed by atoms with Crippen molar-refractivity contribution in [1.29, 1.82) is 0 Å². The van der Waals surface area contributed by atoms with Crippen LogP contribution in [0.15, 0.2) is 66.7 Å². The van der Waals surface area contributed by atoms with Gasteiger partial charge >= 0.3 is 12.4 Å². The van der Waals surface area contributed by atoms with E-state index in [2.05, 4.69) is 25.5 Å². The molecule has 0 saturated heterocycles. The first-order valence-corrected chi connectivity index (χ1v) is 9.87. The van der Waals surface area contributed by atoms with Crippen molar-refractivity contribution < 1.29 is 26.3 Å². The molecule has 0 spiro atoms. The first-order valence-electron chi connectivity index (χ1n) is 9.87. The van der Waals surface area contributed by atoms with Crippen molar-refractivity contribution in [2.24, 2.45) is 0 Å². The van der Waals surface area contributed by atoms with E-state index in [1.807, 2.05) is 0 Å². The highest BCUT2D eigenvalue weighted by molar-refractivity contribution is 5.97. The number of fused-ring (bicyclic) bond motifs is 2. The normalized spacial score (nSPS) is 12.4. The number of H-pyrrole nitrogens is 1. The second-order valence-electron chi connectivity index (χ2n) is 7.41. The van der Waals surface area contributed by atoms with Crippen LogP contribution in [-0.4, -0.2) is 20.2 Å². The first kappa shape index (κ1) is 21.7. The molecule has 11 heteroatoms. The van der Waals surface area contributed by atoms with Gasteiger partial charge in [-0.15, -0.1) is 0 Å².